The summed E-state index contributed by atoms with van der Waals surface area (Å²) in [4.78, 5) is 12.9. The minimum atomic E-state index is -1.20. The second-order valence-corrected chi connectivity index (χ2v) is 7.33. The lowest BCUT2D eigenvalue weighted by molar-refractivity contribution is -0.170. The van der Waals surface area contributed by atoms with Gasteiger partial charge in [-0.2, -0.15) is 0 Å². The molecule has 132 valence electrons. The van der Waals surface area contributed by atoms with Crippen molar-refractivity contribution in [3.63, 3.8) is 0 Å². The Morgan fingerprint density at radius 1 is 1.04 bits per heavy atom. The summed E-state index contributed by atoms with van der Waals surface area (Å²) < 4.78 is 11.2. The fourth-order valence-electron chi connectivity index (χ4n) is 2.57. The summed E-state index contributed by atoms with van der Waals surface area (Å²) >= 11 is 0. The number of ether oxygens (including phenoxy) is 2. The number of carbonyl (C=O) groups is 1. The molecule has 0 N–H and O–H groups in total. The Hall–Kier alpha value is -2.31. The van der Waals surface area contributed by atoms with Crippen molar-refractivity contribution in [3.05, 3.63) is 48.0 Å². The smallest absolute Gasteiger partial charge is 0.344 e. The first-order chi connectivity index (χ1) is 11.7. The predicted octanol–water partition coefficient (Wildman–Crippen LogP) is 4.68. The van der Waals surface area contributed by atoms with E-state index in [1.807, 2.05) is 63.2 Å². The van der Waals surface area contributed by atoms with Crippen LogP contribution in [0, 0.1) is 17.3 Å². The molecule has 0 saturated carbocycles. The van der Waals surface area contributed by atoms with E-state index in [-0.39, 0.29) is 5.41 Å². The number of fused-ring (bicyclic) bond motifs is 1. The molecule has 25 heavy (non-hydrogen) atoms. The maximum absolute atomic E-state index is 12.9. The van der Waals surface area contributed by atoms with E-state index < -0.39 is 17.7 Å². The normalized spacial score (nSPS) is 15.0. The zero-order chi connectivity index (χ0) is 18.7. The average Bonchev–Trinajstić information content (AvgIpc) is 2.58. The quantitative estimate of drug-likeness (QED) is 0.600. The highest BCUT2D eigenvalue weighted by Gasteiger charge is 2.39. The van der Waals surface area contributed by atoms with Gasteiger partial charge in [0.1, 0.15) is 0 Å². The second-order valence-electron chi connectivity index (χ2n) is 7.33. The first kappa shape index (κ1) is 19.0. The van der Waals surface area contributed by atoms with E-state index in [0.717, 1.165) is 16.3 Å². The van der Waals surface area contributed by atoms with Gasteiger partial charge in [-0.15, -0.1) is 0 Å². The number of hydrogen-bond acceptors (Lipinski definition) is 3. The standard InChI is InChI=1S/C22H26O3/c1-16(14-15-21(2,3)4)25-20(23)22(5,24-6)19-13-9-11-17-10-7-8-12-18(17)19/h7-13,16H,1-6H3/t16?,22-/m0/s1. The van der Waals surface area contributed by atoms with Crippen LogP contribution in [0.3, 0.4) is 0 Å². The maximum Gasteiger partial charge on any atom is 0.344 e. The van der Waals surface area contributed by atoms with Crippen LogP contribution in [0.25, 0.3) is 10.8 Å². The number of rotatable bonds is 4. The summed E-state index contributed by atoms with van der Waals surface area (Å²) in [6.45, 7) is 9.56. The Morgan fingerprint density at radius 3 is 2.32 bits per heavy atom. The van der Waals surface area contributed by atoms with Crippen LogP contribution in [-0.4, -0.2) is 19.2 Å². The van der Waals surface area contributed by atoms with Crippen molar-refractivity contribution in [1.82, 2.24) is 0 Å². The molecule has 0 fully saturated rings. The van der Waals surface area contributed by atoms with Crippen LogP contribution in [-0.2, 0) is 19.9 Å². The topological polar surface area (TPSA) is 35.5 Å². The summed E-state index contributed by atoms with van der Waals surface area (Å²) in [5, 5.41) is 2.02. The number of methoxy groups -OCH3 is 1. The summed E-state index contributed by atoms with van der Waals surface area (Å²) in [6.07, 6.45) is -0.504. The molecule has 0 heterocycles. The Morgan fingerprint density at radius 2 is 1.68 bits per heavy atom. The monoisotopic (exact) mass is 338 g/mol. The molecule has 0 aliphatic heterocycles. The summed E-state index contributed by atoms with van der Waals surface area (Å²) in [6, 6.07) is 13.8. The first-order valence-corrected chi connectivity index (χ1v) is 8.44. The lowest BCUT2D eigenvalue weighted by Crippen LogP contribution is -2.38. The van der Waals surface area contributed by atoms with Crippen LogP contribution in [0.5, 0.6) is 0 Å². The van der Waals surface area contributed by atoms with Gasteiger partial charge in [-0.25, -0.2) is 4.79 Å². The van der Waals surface area contributed by atoms with E-state index in [4.69, 9.17) is 9.47 Å². The van der Waals surface area contributed by atoms with Crippen molar-refractivity contribution in [2.24, 2.45) is 5.41 Å². The lowest BCUT2D eigenvalue weighted by atomic mass is 9.90. The highest BCUT2D eigenvalue weighted by molar-refractivity contribution is 5.92. The molecule has 0 radical (unpaired) electrons. The lowest BCUT2D eigenvalue weighted by Gasteiger charge is -2.28. The van der Waals surface area contributed by atoms with E-state index in [2.05, 4.69) is 11.8 Å². The van der Waals surface area contributed by atoms with E-state index in [9.17, 15) is 4.79 Å². The Labute approximate surface area is 150 Å². The Bertz CT molecular complexity index is 815. The molecular formula is C22H26O3. The molecule has 0 aliphatic carbocycles. The average molecular weight is 338 g/mol. The largest absolute Gasteiger partial charge is 0.447 e. The molecule has 2 aromatic rings. The van der Waals surface area contributed by atoms with Crippen molar-refractivity contribution in [2.45, 2.75) is 46.3 Å². The molecule has 1 unspecified atom stereocenters. The molecule has 2 aromatic carbocycles. The van der Waals surface area contributed by atoms with Crippen LogP contribution in [0.15, 0.2) is 42.5 Å². The van der Waals surface area contributed by atoms with Crippen molar-refractivity contribution in [1.29, 1.82) is 0 Å². The van der Waals surface area contributed by atoms with E-state index >= 15 is 0 Å². The van der Waals surface area contributed by atoms with Gasteiger partial charge in [0.2, 0.25) is 0 Å². The van der Waals surface area contributed by atoms with Crippen molar-refractivity contribution >= 4 is 16.7 Å². The molecule has 3 nitrogen and oxygen atoms in total. The van der Waals surface area contributed by atoms with E-state index in [1.54, 1.807) is 13.8 Å². The third-order valence-corrected chi connectivity index (χ3v) is 4.04. The highest BCUT2D eigenvalue weighted by atomic mass is 16.6. The van der Waals surface area contributed by atoms with Gasteiger partial charge in [-0.05, 0) is 45.4 Å². The summed E-state index contributed by atoms with van der Waals surface area (Å²) in [5.41, 5.74) is -0.548. The number of esters is 1. The minimum Gasteiger partial charge on any atom is -0.447 e. The number of hydrogen-bond donors (Lipinski definition) is 0. The van der Waals surface area contributed by atoms with Crippen molar-refractivity contribution in [2.75, 3.05) is 7.11 Å². The molecular weight excluding hydrogens is 312 g/mol. The van der Waals surface area contributed by atoms with Gasteiger partial charge in [-0.1, -0.05) is 54.3 Å². The fourth-order valence-corrected chi connectivity index (χ4v) is 2.57. The van der Waals surface area contributed by atoms with Crippen molar-refractivity contribution in [3.8, 4) is 11.8 Å². The number of carbonyl (C=O) groups excluding carboxylic acids is 1. The van der Waals surface area contributed by atoms with Gasteiger partial charge in [-0.3, -0.25) is 0 Å². The first-order valence-electron chi connectivity index (χ1n) is 8.44. The molecule has 0 bridgehead atoms. The van der Waals surface area contributed by atoms with Gasteiger partial charge < -0.3 is 9.47 Å². The SMILES string of the molecule is CO[C@](C)(C(=O)OC(C)C#CC(C)(C)C)c1cccc2ccccc12. The van der Waals surface area contributed by atoms with E-state index in [0.29, 0.717) is 0 Å². The van der Waals surface area contributed by atoms with Crippen molar-refractivity contribution < 1.29 is 14.3 Å². The molecule has 2 rings (SSSR count). The molecule has 0 amide bonds. The third kappa shape index (κ3) is 4.41. The zero-order valence-corrected chi connectivity index (χ0v) is 15.8. The van der Waals surface area contributed by atoms with Gasteiger partial charge in [0.25, 0.3) is 0 Å². The molecule has 2 atom stereocenters. The maximum atomic E-state index is 12.9. The molecule has 0 saturated heterocycles. The van der Waals surface area contributed by atoms with Crippen LogP contribution >= 0.6 is 0 Å². The van der Waals surface area contributed by atoms with Crippen LogP contribution in [0.2, 0.25) is 0 Å². The van der Waals surface area contributed by atoms with Crippen LogP contribution in [0.1, 0.15) is 40.2 Å². The minimum absolute atomic E-state index is 0.138. The second kappa shape index (κ2) is 7.29. The third-order valence-electron chi connectivity index (χ3n) is 4.04. The Kier molecular flexibility index (Phi) is 5.55. The van der Waals surface area contributed by atoms with Gasteiger partial charge in [0.05, 0.1) is 0 Å². The predicted molar refractivity (Wildman–Crippen MR) is 101 cm³/mol. The van der Waals surface area contributed by atoms with Gasteiger partial charge >= 0.3 is 5.97 Å². The molecule has 0 aromatic heterocycles. The highest BCUT2D eigenvalue weighted by Crippen LogP contribution is 2.32. The molecule has 0 aliphatic rings. The zero-order valence-electron chi connectivity index (χ0n) is 15.8. The van der Waals surface area contributed by atoms with Crippen LogP contribution < -0.4 is 0 Å². The molecule has 3 heteroatoms. The van der Waals surface area contributed by atoms with Gasteiger partial charge in [0.15, 0.2) is 11.7 Å². The molecule has 0 spiro atoms. The summed E-state index contributed by atoms with van der Waals surface area (Å²) in [7, 11) is 1.52. The number of benzene rings is 2. The summed E-state index contributed by atoms with van der Waals surface area (Å²) in [5.74, 6) is 5.64. The van der Waals surface area contributed by atoms with Gasteiger partial charge in [0, 0.05) is 18.1 Å². The van der Waals surface area contributed by atoms with Crippen LogP contribution in [0.4, 0.5) is 0 Å². The fraction of sp³-hybridized carbons (Fsp3) is 0.409. The van der Waals surface area contributed by atoms with E-state index in [1.165, 1.54) is 7.11 Å². The Balaban J connectivity index is 2.35.